The van der Waals surface area contributed by atoms with Crippen LogP contribution in [0.3, 0.4) is 0 Å². The molecular weight excluding hydrogens is 348 g/mol. The zero-order valence-electron chi connectivity index (χ0n) is 14.3. The number of fused-ring (bicyclic) bond motifs is 1. The van der Waals surface area contributed by atoms with E-state index in [2.05, 4.69) is 10.2 Å². The topological polar surface area (TPSA) is 120 Å². The first-order chi connectivity index (χ1) is 13.0. The summed E-state index contributed by atoms with van der Waals surface area (Å²) in [7, 11) is 0. The molecule has 0 fully saturated rings. The molecular formula is C18H16N6O3. The summed E-state index contributed by atoms with van der Waals surface area (Å²) in [6.07, 6.45) is 0. The third-order valence-corrected chi connectivity index (χ3v) is 4.58. The number of carbonyl (C=O) groups excluding carboxylic acids is 1. The normalized spacial score (nSPS) is 13.3. The molecule has 1 amide bonds. The summed E-state index contributed by atoms with van der Waals surface area (Å²) in [6.45, 7) is 1.66. The Balaban J connectivity index is 1.67. The second-order valence-electron chi connectivity index (χ2n) is 6.20. The largest absolute Gasteiger partial charge is 0.366 e. The minimum Gasteiger partial charge on any atom is -0.366 e. The smallest absolute Gasteiger partial charge is 0.270 e. The summed E-state index contributed by atoms with van der Waals surface area (Å²) in [6, 6.07) is 13.9. The fourth-order valence-corrected chi connectivity index (χ4v) is 3.27. The van der Waals surface area contributed by atoms with E-state index in [-0.39, 0.29) is 11.3 Å². The molecule has 9 nitrogen and oxygen atoms in total. The molecule has 0 saturated carbocycles. The van der Waals surface area contributed by atoms with Crippen LogP contribution < -0.4 is 10.6 Å². The first-order valence-corrected chi connectivity index (χ1v) is 8.35. The van der Waals surface area contributed by atoms with Crippen LogP contribution >= 0.6 is 0 Å². The van der Waals surface area contributed by atoms with E-state index in [1.807, 2.05) is 39.8 Å². The number of nitro groups is 1. The predicted octanol–water partition coefficient (Wildman–Crippen LogP) is 1.97. The lowest BCUT2D eigenvalue weighted by atomic mass is 10.1. The van der Waals surface area contributed by atoms with Gasteiger partial charge in [-0.3, -0.25) is 14.9 Å². The van der Waals surface area contributed by atoms with Gasteiger partial charge in [-0.25, -0.2) is 0 Å². The van der Waals surface area contributed by atoms with Crippen molar-refractivity contribution in [2.24, 2.45) is 5.73 Å². The molecule has 1 aromatic heterocycles. The minimum atomic E-state index is -0.703. The molecule has 9 heteroatoms. The van der Waals surface area contributed by atoms with Gasteiger partial charge in [0.05, 0.1) is 22.7 Å². The number of rotatable bonds is 4. The maximum Gasteiger partial charge on any atom is 0.270 e. The Kier molecular flexibility index (Phi) is 4.03. The Morgan fingerprint density at radius 2 is 1.89 bits per heavy atom. The predicted molar refractivity (Wildman–Crippen MR) is 98.1 cm³/mol. The number of anilines is 1. The molecule has 0 spiro atoms. The highest BCUT2D eigenvalue weighted by atomic mass is 16.6. The van der Waals surface area contributed by atoms with Crippen molar-refractivity contribution in [2.45, 2.75) is 13.1 Å². The van der Waals surface area contributed by atoms with E-state index in [1.165, 1.54) is 12.1 Å². The maximum absolute atomic E-state index is 11.8. The average molecular weight is 364 g/mol. The number of nitro benzene ring substituents is 1. The van der Waals surface area contributed by atoms with Crippen LogP contribution in [0.2, 0.25) is 0 Å². The number of non-ortho nitro benzene ring substituents is 1. The Labute approximate surface area is 154 Å². The molecule has 0 atom stereocenters. The Morgan fingerprint density at radius 1 is 1.11 bits per heavy atom. The van der Waals surface area contributed by atoms with Gasteiger partial charge in [0.2, 0.25) is 0 Å². The fraction of sp³-hybridized carbons (Fsp3) is 0.167. The molecule has 3 aromatic rings. The first-order valence-electron chi connectivity index (χ1n) is 8.35. The van der Waals surface area contributed by atoms with Crippen molar-refractivity contribution >= 4 is 17.3 Å². The van der Waals surface area contributed by atoms with Crippen molar-refractivity contribution in [3.8, 4) is 11.4 Å². The van der Waals surface area contributed by atoms with E-state index in [4.69, 9.17) is 5.73 Å². The molecule has 0 radical (unpaired) electrons. The molecule has 136 valence electrons. The Morgan fingerprint density at radius 3 is 2.59 bits per heavy atom. The first kappa shape index (κ1) is 16.7. The Hall–Kier alpha value is -3.75. The lowest BCUT2D eigenvalue weighted by molar-refractivity contribution is -0.384. The van der Waals surface area contributed by atoms with Gasteiger partial charge in [-0.1, -0.05) is 30.3 Å². The molecule has 0 unspecified atom stereocenters. The molecule has 0 saturated heterocycles. The summed E-state index contributed by atoms with van der Waals surface area (Å²) in [5.41, 5.74) is 6.94. The number of nitrogens with zero attached hydrogens (tertiary/aromatic N) is 5. The summed E-state index contributed by atoms with van der Waals surface area (Å²) >= 11 is 0. The van der Waals surface area contributed by atoms with Crippen molar-refractivity contribution in [3.05, 3.63) is 70.0 Å². The highest BCUT2D eigenvalue weighted by Gasteiger charge is 2.25. The van der Waals surface area contributed by atoms with Crippen molar-refractivity contribution < 1.29 is 9.72 Å². The number of benzene rings is 2. The van der Waals surface area contributed by atoms with Gasteiger partial charge in [0.1, 0.15) is 0 Å². The molecule has 4 rings (SSSR count). The number of hydrogen-bond donors (Lipinski definition) is 1. The van der Waals surface area contributed by atoms with Gasteiger partial charge < -0.3 is 15.2 Å². The third kappa shape index (κ3) is 2.99. The molecule has 1 aliphatic rings. The lowest BCUT2D eigenvalue weighted by Crippen LogP contribution is -2.35. The number of carbonyl (C=O) groups is 1. The lowest BCUT2D eigenvalue weighted by Gasteiger charge is -2.30. The molecule has 27 heavy (non-hydrogen) atoms. The summed E-state index contributed by atoms with van der Waals surface area (Å²) < 4.78 is 2.04. The zero-order valence-corrected chi connectivity index (χ0v) is 14.3. The SMILES string of the molecule is NC(=O)c1cc([N+](=O)[O-])ccc1N1CCn2c(nnc2-c2ccccc2)C1. The molecule has 2 N–H and O–H groups in total. The van der Waals surface area contributed by atoms with Crippen LogP contribution in [0, 0.1) is 10.1 Å². The van der Waals surface area contributed by atoms with Crippen LogP contribution in [0.25, 0.3) is 11.4 Å². The highest BCUT2D eigenvalue weighted by Crippen LogP contribution is 2.29. The van der Waals surface area contributed by atoms with Crippen molar-refractivity contribution in [1.29, 1.82) is 0 Å². The van der Waals surface area contributed by atoms with Crippen molar-refractivity contribution in [3.63, 3.8) is 0 Å². The number of amides is 1. The Bertz CT molecular complexity index is 1030. The zero-order chi connectivity index (χ0) is 19.0. The molecule has 2 heterocycles. The average Bonchev–Trinajstić information content (AvgIpc) is 3.11. The second kappa shape index (κ2) is 6.52. The molecule has 0 bridgehead atoms. The fourth-order valence-electron chi connectivity index (χ4n) is 3.27. The van der Waals surface area contributed by atoms with Crippen LogP contribution in [0.5, 0.6) is 0 Å². The number of primary amides is 1. The van der Waals surface area contributed by atoms with E-state index in [1.54, 1.807) is 6.07 Å². The quantitative estimate of drug-likeness (QED) is 0.558. The maximum atomic E-state index is 11.8. The number of aromatic nitrogens is 3. The second-order valence-corrected chi connectivity index (χ2v) is 6.20. The van der Waals surface area contributed by atoms with E-state index < -0.39 is 10.8 Å². The van der Waals surface area contributed by atoms with Gasteiger partial charge in [0.25, 0.3) is 11.6 Å². The van der Waals surface area contributed by atoms with Crippen LogP contribution in [-0.2, 0) is 13.1 Å². The summed E-state index contributed by atoms with van der Waals surface area (Å²) in [4.78, 5) is 24.2. The van der Waals surface area contributed by atoms with E-state index in [0.717, 1.165) is 17.2 Å². The van der Waals surface area contributed by atoms with Gasteiger partial charge in [0.15, 0.2) is 11.6 Å². The van der Waals surface area contributed by atoms with Crippen molar-refractivity contribution in [2.75, 3.05) is 11.4 Å². The van der Waals surface area contributed by atoms with E-state index in [9.17, 15) is 14.9 Å². The van der Waals surface area contributed by atoms with Gasteiger partial charge in [0, 0.05) is 30.8 Å². The van der Waals surface area contributed by atoms with Crippen LogP contribution in [0.15, 0.2) is 48.5 Å². The van der Waals surface area contributed by atoms with E-state index >= 15 is 0 Å². The van der Waals surface area contributed by atoms with Gasteiger partial charge >= 0.3 is 0 Å². The minimum absolute atomic E-state index is 0.125. The molecule has 1 aliphatic heterocycles. The summed E-state index contributed by atoms with van der Waals surface area (Å²) in [5.74, 6) is 0.851. The number of nitrogens with two attached hydrogens (primary N) is 1. The van der Waals surface area contributed by atoms with Crippen molar-refractivity contribution in [1.82, 2.24) is 14.8 Å². The van der Waals surface area contributed by atoms with Crippen LogP contribution in [0.4, 0.5) is 11.4 Å². The van der Waals surface area contributed by atoms with Crippen LogP contribution in [-0.4, -0.2) is 32.1 Å². The highest BCUT2D eigenvalue weighted by molar-refractivity contribution is 5.99. The molecule has 0 aliphatic carbocycles. The standard InChI is InChI=1S/C18H16N6O3/c19-17(25)14-10-13(24(26)27)6-7-15(14)22-8-9-23-16(11-22)20-21-18(23)12-4-2-1-3-5-12/h1-7,10H,8-9,11H2,(H2,19,25). The third-order valence-electron chi connectivity index (χ3n) is 4.58. The van der Waals surface area contributed by atoms with Gasteiger partial charge in [-0.2, -0.15) is 0 Å². The van der Waals surface area contributed by atoms with E-state index in [0.29, 0.717) is 25.3 Å². The number of hydrogen-bond acceptors (Lipinski definition) is 6. The molecule has 2 aromatic carbocycles. The summed E-state index contributed by atoms with van der Waals surface area (Å²) in [5, 5.41) is 19.6. The van der Waals surface area contributed by atoms with Crippen LogP contribution in [0.1, 0.15) is 16.2 Å². The van der Waals surface area contributed by atoms with Gasteiger partial charge in [-0.15, -0.1) is 10.2 Å². The van der Waals surface area contributed by atoms with Gasteiger partial charge in [-0.05, 0) is 6.07 Å². The monoisotopic (exact) mass is 364 g/mol.